The molecule has 0 bridgehead atoms. The van der Waals surface area contributed by atoms with Crippen LogP contribution in [0.25, 0.3) is 0 Å². The highest BCUT2D eigenvalue weighted by Crippen LogP contribution is 2.29. The maximum atomic E-state index is 13.0. The minimum Gasteiger partial charge on any atom is -0.452 e. The third-order valence-electron chi connectivity index (χ3n) is 4.78. The summed E-state index contributed by atoms with van der Waals surface area (Å²) in [5.41, 5.74) is 0.0352. The van der Waals surface area contributed by atoms with Crippen LogP contribution in [-0.2, 0) is 19.6 Å². The highest BCUT2D eigenvalue weighted by atomic mass is 35.5. The van der Waals surface area contributed by atoms with Gasteiger partial charge in [0.25, 0.3) is 5.91 Å². The summed E-state index contributed by atoms with van der Waals surface area (Å²) in [5, 5.41) is 2.72. The summed E-state index contributed by atoms with van der Waals surface area (Å²) in [6.45, 7) is 7.02. The molecule has 1 aliphatic rings. The van der Waals surface area contributed by atoms with E-state index >= 15 is 0 Å². The summed E-state index contributed by atoms with van der Waals surface area (Å²) in [4.78, 5) is 23.9. The number of nitrogens with one attached hydrogen (secondary N) is 1. The van der Waals surface area contributed by atoms with Crippen LogP contribution in [0.3, 0.4) is 0 Å². The van der Waals surface area contributed by atoms with E-state index in [0.717, 1.165) is 19.3 Å². The Labute approximate surface area is 177 Å². The van der Waals surface area contributed by atoms with Gasteiger partial charge >= 0.3 is 5.97 Å². The van der Waals surface area contributed by atoms with Crippen molar-refractivity contribution in [1.29, 1.82) is 0 Å². The summed E-state index contributed by atoms with van der Waals surface area (Å²) in [7, 11) is -3.82. The van der Waals surface area contributed by atoms with Crippen LogP contribution in [-0.4, -0.2) is 50.8 Å². The van der Waals surface area contributed by atoms with Crippen LogP contribution < -0.4 is 5.32 Å². The molecule has 9 heteroatoms. The molecule has 1 saturated heterocycles. The van der Waals surface area contributed by atoms with Gasteiger partial charge in [0.05, 0.1) is 10.6 Å². The van der Waals surface area contributed by atoms with Crippen LogP contribution in [0.15, 0.2) is 23.1 Å². The fourth-order valence-corrected chi connectivity index (χ4v) is 5.20. The van der Waals surface area contributed by atoms with E-state index in [9.17, 15) is 18.0 Å². The van der Waals surface area contributed by atoms with Gasteiger partial charge in [0, 0.05) is 19.6 Å². The third-order valence-corrected chi connectivity index (χ3v) is 7.13. The summed E-state index contributed by atoms with van der Waals surface area (Å²) in [5.74, 6) is -0.456. The van der Waals surface area contributed by atoms with E-state index < -0.39 is 28.5 Å². The van der Waals surface area contributed by atoms with E-state index in [2.05, 4.69) is 5.32 Å². The molecule has 0 saturated carbocycles. The molecule has 0 aromatic heterocycles. The van der Waals surface area contributed by atoms with E-state index in [4.69, 9.17) is 16.3 Å². The van der Waals surface area contributed by atoms with Crippen molar-refractivity contribution in [1.82, 2.24) is 9.62 Å². The Balaban J connectivity index is 2.06. The lowest BCUT2D eigenvalue weighted by Gasteiger charge is -2.30. The Morgan fingerprint density at radius 2 is 2.07 bits per heavy atom. The van der Waals surface area contributed by atoms with Gasteiger partial charge in [0.2, 0.25) is 10.0 Å². The van der Waals surface area contributed by atoms with Crippen molar-refractivity contribution in [3.8, 4) is 0 Å². The molecule has 1 aromatic rings. The summed E-state index contributed by atoms with van der Waals surface area (Å²) >= 11 is 6.13. The smallest absolute Gasteiger partial charge is 0.338 e. The highest BCUT2D eigenvalue weighted by molar-refractivity contribution is 7.89. The Bertz CT molecular complexity index is 841. The third kappa shape index (κ3) is 6.69. The number of halogens is 1. The SMILES string of the molecule is CC(C)CCNC(=O)COC(=O)c1ccc(Cl)c(S(=O)(=O)N2CCCC(C)C2)c1. The molecule has 1 amide bonds. The summed E-state index contributed by atoms with van der Waals surface area (Å²) in [6.07, 6.45) is 2.59. The van der Waals surface area contributed by atoms with E-state index in [-0.39, 0.29) is 21.4 Å². The molecule has 1 unspecified atom stereocenters. The lowest BCUT2D eigenvalue weighted by molar-refractivity contribution is -0.124. The monoisotopic (exact) mass is 444 g/mol. The number of hydrogen-bond acceptors (Lipinski definition) is 5. The number of rotatable bonds is 8. The number of piperidine rings is 1. The average Bonchev–Trinajstić information content (AvgIpc) is 2.66. The predicted octanol–water partition coefficient (Wildman–Crippen LogP) is 3.08. The van der Waals surface area contributed by atoms with Crippen molar-refractivity contribution in [2.24, 2.45) is 11.8 Å². The molecule has 1 fully saturated rings. The number of esters is 1. The lowest BCUT2D eigenvalue weighted by Crippen LogP contribution is -2.39. The van der Waals surface area contributed by atoms with Crippen LogP contribution in [0.2, 0.25) is 5.02 Å². The molecule has 2 rings (SSSR count). The van der Waals surface area contributed by atoms with Gasteiger partial charge in [-0.05, 0) is 49.3 Å². The number of nitrogens with zero attached hydrogens (tertiary/aromatic N) is 1. The lowest BCUT2D eigenvalue weighted by atomic mass is 10.0. The van der Waals surface area contributed by atoms with Gasteiger partial charge in [0.15, 0.2) is 6.61 Å². The number of sulfonamides is 1. The van der Waals surface area contributed by atoms with Crippen molar-refractivity contribution >= 4 is 33.5 Å². The van der Waals surface area contributed by atoms with Crippen molar-refractivity contribution in [3.05, 3.63) is 28.8 Å². The van der Waals surface area contributed by atoms with E-state index in [1.165, 1.54) is 22.5 Å². The number of carbonyl (C=O) groups excluding carboxylic acids is 2. The molecular weight excluding hydrogens is 416 g/mol. The molecule has 0 aliphatic carbocycles. The first-order chi connectivity index (χ1) is 13.6. The maximum absolute atomic E-state index is 13.0. The largest absolute Gasteiger partial charge is 0.452 e. The van der Waals surface area contributed by atoms with Crippen LogP contribution in [0, 0.1) is 11.8 Å². The van der Waals surface area contributed by atoms with Gasteiger partial charge in [-0.15, -0.1) is 0 Å². The van der Waals surface area contributed by atoms with Crippen LogP contribution in [0.4, 0.5) is 0 Å². The van der Waals surface area contributed by atoms with E-state index in [0.29, 0.717) is 25.6 Å². The van der Waals surface area contributed by atoms with Crippen LogP contribution in [0.1, 0.15) is 50.4 Å². The molecule has 0 radical (unpaired) electrons. The van der Waals surface area contributed by atoms with Gasteiger partial charge in [-0.3, -0.25) is 4.79 Å². The molecule has 1 aromatic carbocycles. The van der Waals surface area contributed by atoms with E-state index in [1.807, 2.05) is 20.8 Å². The van der Waals surface area contributed by atoms with Gasteiger partial charge in [0.1, 0.15) is 4.90 Å². The zero-order valence-electron chi connectivity index (χ0n) is 17.1. The minimum absolute atomic E-state index is 0.0352. The van der Waals surface area contributed by atoms with Crippen LogP contribution >= 0.6 is 11.6 Å². The Kier molecular flexibility index (Phi) is 8.48. The topological polar surface area (TPSA) is 92.8 Å². The quantitative estimate of drug-likeness (QED) is 0.622. The molecular formula is C20H29ClN2O5S. The number of amides is 1. The normalized spacial score (nSPS) is 17.9. The van der Waals surface area contributed by atoms with Crippen molar-refractivity contribution in [3.63, 3.8) is 0 Å². The first-order valence-corrected chi connectivity index (χ1v) is 11.7. The van der Waals surface area contributed by atoms with Gasteiger partial charge in [-0.2, -0.15) is 4.31 Å². The fraction of sp³-hybridized carbons (Fsp3) is 0.600. The predicted molar refractivity (Wildman–Crippen MR) is 111 cm³/mol. The first kappa shape index (κ1) is 23.6. The minimum atomic E-state index is -3.82. The highest BCUT2D eigenvalue weighted by Gasteiger charge is 2.31. The second kappa shape index (κ2) is 10.4. The summed E-state index contributed by atoms with van der Waals surface area (Å²) in [6, 6.07) is 3.97. The molecule has 0 spiro atoms. The van der Waals surface area contributed by atoms with E-state index in [1.54, 1.807) is 0 Å². The molecule has 29 heavy (non-hydrogen) atoms. The Morgan fingerprint density at radius 1 is 1.34 bits per heavy atom. The zero-order chi connectivity index (χ0) is 21.6. The van der Waals surface area contributed by atoms with Crippen LogP contribution in [0.5, 0.6) is 0 Å². The van der Waals surface area contributed by atoms with Crippen molar-refractivity contribution in [2.45, 2.75) is 44.9 Å². The van der Waals surface area contributed by atoms with Crippen molar-refractivity contribution in [2.75, 3.05) is 26.2 Å². The summed E-state index contributed by atoms with van der Waals surface area (Å²) < 4.78 is 32.4. The molecule has 162 valence electrons. The fourth-order valence-electron chi connectivity index (χ4n) is 3.10. The second-order valence-electron chi connectivity index (χ2n) is 7.86. The Morgan fingerprint density at radius 3 is 2.72 bits per heavy atom. The van der Waals surface area contributed by atoms with Crippen molar-refractivity contribution < 1.29 is 22.7 Å². The molecule has 1 N–H and O–H groups in total. The van der Waals surface area contributed by atoms with Gasteiger partial charge in [-0.1, -0.05) is 32.4 Å². The Hall–Kier alpha value is -1.64. The molecule has 1 heterocycles. The van der Waals surface area contributed by atoms with Gasteiger partial charge in [-0.25, -0.2) is 13.2 Å². The average molecular weight is 445 g/mol. The number of ether oxygens (including phenoxy) is 1. The molecule has 7 nitrogen and oxygen atoms in total. The molecule has 1 atom stereocenters. The first-order valence-electron chi connectivity index (χ1n) is 9.84. The second-order valence-corrected chi connectivity index (χ2v) is 10.2. The molecule has 1 aliphatic heterocycles. The number of carbonyl (C=O) groups is 2. The maximum Gasteiger partial charge on any atom is 0.338 e. The van der Waals surface area contributed by atoms with Gasteiger partial charge < -0.3 is 10.1 Å². The number of benzene rings is 1. The zero-order valence-corrected chi connectivity index (χ0v) is 18.7. The number of hydrogen-bond donors (Lipinski definition) is 1. The standard InChI is InChI=1S/C20H29ClN2O5S/c1-14(2)8-9-22-19(24)13-28-20(25)16-6-7-17(21)18(11-16)29(26,27)23-10-4-5-15(3)12-23/h6-7,11,14-15H,4-5,8-10,12-13H2,1-3H3,(H,22,24).